The minimum Gasteiger partial charge on any atom is -0.352 e. The van der Waals surface area contributed by atoms with Crippen molar-refractivity contribution in [2.75, 3.05) is 20.1 Å². The number of carbonyl (C=O) groups is 2. The summed E-state index contributed by atoms with van der Waals surface area (Å²) in [4.78, 5) is 23.5. The van der Waals surface area contributed by atoms with Crippen molar-refractivity contribution in [3.8, 4) is 0 Å². The molecular formula is C17H27N3O2. The summed E-state index contributed by atoms with van der Waals surface area (Å²) in [7, 11) is 1.87. The van der Waals surface area contributed by atoms with Crippen molar-refractivity contribution in [2.24, 2.45) is 0 Å². The number of benzene rings is 1. The van der Waals surface area contributed by atoms with E-state index in [0.29, 0.717) is 25.1 Å². The highest BCUT2D eigenvalue weighted by Gasteiger charge is 2.05. The number of unbranched alkanes of at least 4 members (excludes halogenated alkanes) is 1. The molecular weight excluding hydrogens is 278 g/mol. The van der Waals surface area contributed by atoms with Gasteiger partial charge in [-0.05, 0) is 44.1 Å². The zero-order chi connectivity index (χ0) is 16.2. The first-order valence-electron chi connectivity index (χ1n) is 7.95. The average Bonchev–Trinajstić information content (AvgIpc) is 2.54. The summed E-state index contributed by atoms with van der Waals surface area (Å²) in [6.07, 6.45) is 3.41. The fourth-order valence-corrected chi connectivity index (χ4v) is 1.97. The van der Waals surface area contributed by atoms with Crippen molar-refractivity contribution in [2.45, 2.75) is 39.2 Å². The van der Waals surface area contributed by atoms with Crippen LogP contribution in [-0.4, -0.2) is 32.0 Å². The van der Waals surface area contributed by atoms with Gasteiger partial charge in [-0.3, -0.25) is 9.59 Å². The van der Waals surface area contributed by atoms with Gasteiger partial charge in [-0.1, -0.05) is 25.5 Å². The van der Waals surface area contributed by atoms with E-state index < -0.39 is 0 Å². The number of carbonyl (C=O) groups excluding carboxylic acids is 2. The van der Waals surface area contributed by atoms with Gasteiger partial charge in [-0.2, -0.15) is 0 Å². The van der Waals surface area contributed by atoms with Crippen LogP contribution in [0.5, 0.6) is 0 Å². The molecule has 1 rings (SSSR count). The SMILES string of the molecule is CCCCNC(=O)c1ccc(CNC(=O)CCCNC)cc1. The average molecular weight is 305 g/mol. The topological polar surface area (TPSA) is 70.2 Å². The first-order valence-corrected chi connectivity index (χ1v) is 7.95. The van der Waals surface area contributed by atoms with Crippen LogP contribution in [0, 0.1) is 0 Å². The molecule has 1 aromatic rings. The standard InChI is InChI=1S/C17H27N3O2/c1-3-4-12-19-17(22)15-9-7-14(8-10-15)13-20-16(21)6-5-11-18-2/h7-10,18H,3-6,11-13H2,1-2H3,(H,19,22)(H,20,21). The lowest BCUT2D eigenvalue weighted by Gasteiger charge is -2.07. The van der Waals surface area contributed by atoms with Crippen LogP contribution in [0.3, 0.4) is 0 Å². The van der Waals surface area contributed by atoms with Gasteiger partial charge in [0.05, 0.1) is 0 Å². The second kappa shape index (κ2) is 10.8. The number of hydrogen-bond donors (Lipinski definition) is 3. The maximum absolute atomic E-state index is 11.9. The van der Waals surface area contributed by atoms with Crippen LogP contribution in [-0.2, 0) is 11.3 Å². The van der Waals surface area contributed by atoms with Gasteiger partial charge in [0.15, 0.2) is 0 Å². The largest absolute Gasteiger partial charge is 0.352 e. The molecule has 0 fully saturated rings. The molecule has 5 heteroatoms. The zero-order valence-electron chi connectivity index (χ0n) is 13.6. The Morgan fingerprint density at radius 3 is 2.36 bits per heavy atom. The van der Waals surface area contributed by atoms with Crippen molar-refractivity contribution in [1.82, 2.24) is 16.0 Å². The van der Waals surface area contributed by atoms with Gasteiger partial charge in [0.25, 0.3) is 5.91 Å². The van der Waals surface area contributed by atoms with Crippen molar-refractivity contribution in [3.05, 3.63) is 35.4 Å². The molecule has 0 radical (unpaired) electrons. The minimum absolute atomic E-state index is 0.0453. The maximum Gasteiger partial charge on any atom is 0.251 e. The van der Waals surface area contributed by atoms with E-state index in [1.165, 1.54) is 0 Å². The maximum atomic E-state index is 11.9. The van der Waals surface area contributed by atoms with Crippen LogP contribution in [0.4, 0.5) is 0 Å². The van der Waals surface area contributed by atoms with Crippen LogP contribution < -0.4 is 16.0 Å². The third kappa shape index (κ3) is 7.22. The second-order valence-electron chi connectivity index (χ2n) is 5.29. The molecule has 0 aliphatic heterocycles. The molecule has 0 saturated heterocycles. The molecule has 0 saturated carbocycles. The molecule has 1 aromatic carbocycles. The van der Waals surface area contributed by atoms with E-state index >= 15 is 0 Å². The quantitative estimate of drug-likeness (QED) is 0.578. The highest BCUT2D eigenvalue weighted by molar-refractivity contribution is 5.94. The summed E-state index contributed by atoms with van der Waals surface area (Å²) in [5, 5.41) is 8.78. The van der Waals surface area contributed by atoms with Crippen LogP contribution in [0.2, 0.25) is 0 Å². The van der Waals surface area contributed by atoms with Crippen molar-refractivity contribution < 1.29 is 9.59 Å². The lowest BCUT2D eigenvalue weighted by molar-refractivity contribution is -0.121. The predicted octanol–water partition coefficient (Wildman–Crippen LogP) is 1.83. The lowest BCUT2D eigenvalue weighted by atomic mass is 10.1. The van der Waals surface area contributed by atoms with Crippen LogP contribution >= 0.6 is 0 Å². The number of hydrogen-bond acceptors (Lipinski definition) is 3. The van der Waals surface area contributed by atoms with Gasteiger partial charge < -0.3 is 16.0 Å². The Bertz CT molecular complexity index is 457. The summed E-state index contributed by atoms with van der Waals surface area (Å²) in [5.41, 5.74) is 1.65. The van der Waals surface area contributed by atoms with Gasteiger partial charge in [0.2, 0.25) is 5.91 Å². The first-order chi connectivity index (χ1) is 10.7. The van der Waals surface area contributed by atoms with E-state index in [4.69, 9.17) is 0 Å². The summed E-state index contributed by atoms with van der Waals surface area (Å²) >= 11 is 0. The van der Waals surface area contributed by atoms with E-state index in [0.717, 1.165) is 31.4 Å². The summed E-state index contributed by atoms with van der Waals surface area (Å²) in [6, 6.07) is 7.35. The molecule has 0 atom stereocenters. The van der Waals surface area contributed by atoms with E-state index in [1.807, 2.05) is 19.2 Å². The minimum atomic E-state index is -0.0453. The Morgan fingerprint density at radius 2 is 1.73 bits per heavy atom. The Morgan fingerprint density at radius 1 is 1.00 bits per heavy atom. The molecule has 0 aromatic heterocycles. The van der Waals surface area contributed by atoms with Crippen molar-refractivity contribution >= 4 is 11.8 Å². The van der Waals surface area contributed by atoms with E-state index in [-0.39, 0.29) is 11.8 Å². The van der Waals surface area contributed by atoms with Crippen LogP contribution in [0.25, 0.3) is 0 Å². The molecule has 0 heterocycles. The van der Waals surface area contributed by atoms with Gasteiger partial charge >= 0.3 is 0 Å². The van der Waals surface area contributed by atoms with E-state index in [9.17, 15) is 9.59 Å². The molecule has 3 N–H and O–H groups in total. The van der Waals surface area contributed by atoms with Gasteiger partial charge in [0.1, 0.15) is 0 Å². The molecule has 0 aliphatic carbocycles. The van der Waals surface area contributed by atoms with E-state index in [2.05, 4.69) is 22.9 Å². The number of rotatable bonds is 10. The Kier molecular flexibility index (Phi) is 8.91. The van der Waals surface area contributed by atoms with Crippen LogP contribution in [0.1, 0.15) is 48.5 Å². The highest BCUT2D eigenvalue weighted by Crippen LogP contribution is 2.05. The molecule has 2 amide bonds. The van der Waals surface area contributed by atoms with Crippen molar-refractivity contribution in [3.63, 3.8) is 0 Å². The van der Waals surface area contributed by atoms with Crippen LogP contribution in [0.15, 0.2) is 24.3 Å². The Labute approximate surface area is 132 Å². The molecule has 0 unspecified atom stereocenters. The monoisotopic (exact) mass is 305 g/mol. The first kappa shape index (κ1) is 18.2. The Hall–Kier alpha value is -1.88. The summed E-state index contributed by atoms with van der Waals surface area (Å²) in [6.45, 7) is 4.14. The zero-order valence-corrected chi connectivity index (χ0v) is 13.6. The van der Waals surface area contributed by atoms with Gasteiger partial charge in [0, 0.05) is 25.1 Å². The Balaban J connectivity index is 2.35. The summed E-state index contributed by atoms with van der Waals surface area (Å²) in [5.74, 6) is 0.00716. The fourth-order valence-electron chi connectivity index (χ4n) is 1.97. The fraction of sp³-hybridized carbons (Fsp3) is 0.529. The van der Waals surface area contributed by atoms with Crippen molar-refractivity contribution in [1.29, 1.82) is 0 Å². The number of amides is 2. The molecule has 0 bridgehead atoms. The van der Waals surface area contributed by atoms with Gasteiger partial charge in [-0.15, -0.1) is 0 Å². The van der Waals surface area contributed by atoms with Gasteiger partial charge in [-0.25, -0.2) is 0 Å². The molecule has 0 aliphatic rings. The smallest absolute Gasteiger partial charge is 0.251 e. The predicted molar refractivity (Wildman–Crippen MR) is 88.7 cm³/mol. The second-order valence-corrected chi connectivity index (χ2v) is 5.29. The number of nitrogens with one attached hydrogen (secondary N) is 3. The summed E-state index contributed by atoms with van der Waals surface area (Å²) < 4.78 is 0. The third-order valence-corrected chi connectivity index (χ3v) is 3.35. The molecule has 22 heavy (non-hydrogen) atoms. The normalized spacial score (nSPS) is 10.3. The lowest BCUT2D eigenvalue weighted by Crippen LogP contribution is -2.25. The van der Waals surface area contributed by atoms with E-state index in [1.54, 1.807) is 12.1 Å². The highest BCUT2D eigenvalue weighted by atomic mass is 16.2. The molecule has 0 spiro atoms. The third-order valence-electron chi connectivity index (χ3n) is 3.35. The molecule has 5 nitrogen and oxygen atoms in total. The molecule has 122 valence electrons.